The number of H-pyrrole nitrogens is 1. The first-order valence-corrected chi connectivity index (χ1v) is 4.87. The standard InChI is InChI=1S/C12H16N2O/c1-14(2)7-6-9-8-13-10-4-3-5-11(15)12(9)10/h3-5,8,13,15H,6-7H2,1-2H3/i7D2. The van der Waals surface area contributed by atoms with Crippen molar-refractivity contribution in [1.82, 2.24) is 9.88 Å². The smallest absolute Gasteiger partial charge is 0.125 e. The van der Waals surface area contributed by atoms with E-state index in [1.807, 2.05) is 6.07 Å². The predicted octanol–water partition coefficient (Wildman–Crippen LogP) is 1.98. The molecular weight excluding hydrogens is 188 g/mol. The van der Waals surface area contributed by atoms with Crippen LogP contribution in [-0.4, -0.2) is 35.6 Å². The molecule has 2 rings (SSSR count). The highest BCUT2D eigenvalue weighted by Gasteiger charge is 2.07. The van der Waals surface area contributed by atoms with E-state index >= 15 is 0 Å². The molecule has 0 spiro atoms. The monoisotopic (exact) mass is 206 g/mol. The number of phenols is 1. The van der Waals surface area contributed by atoms with E-state index in [2.05, 4.69) is 4.98 Å². The minimum atomic E-state index is -1.43. The number of aromatic amines is 1. The molecule has 1 heterocycles. The Morgan fingerprint density at radius 1 is 1.47 bits per heavy atom. The summed E-state index contributed by atoms with van der Waals surface area (Å²) in [6.45, 7) is -1.43. The third-order valence-corrected chi connectivity index (χ3v) is 2.35. The SMILES string of the molecule is [2H]C([2H])(Cc1c[nH]c2cccc(O)c12)N(C)C. The van der Waals surface area contributed by atoms with E-state index in [0.717, 1.165) is 11.1 Å². The van der Waals surface area contributed by atoms with Gasteiger partial charge in [-0.25, -0.2) is 0 Å². The van der Waals surface area contributed by atoms with Gasteiger partial charge >= 0.3 is 0 Å². The minimum absolute atomic E-state index is 0.188. The summed E-state index contributed by atoms with van der Waals surface area (Å²) in [6, 6.07) is 5.24. The Hall–Kier alpha value is -1.48. The van der Waals surface area contributed by atoms with Crippen molar-refractivity contribution in [1.29, 1.82) is 0 Å². The molecule has 0 aliphatic heterocycles. The molecule has 2 aromatic rings. The van der Waals surface area contributed by atoms with Crippen LogP contribution in [0.3, 0.4) is 0 Å². The molecule has 0 unspecified atom stereocenters. The first-order chi connectivity index (χ1) is 7.92. The van der Waals surface area contributed by atoms with Gasteiger partial charge in [-0.2, -0.15) is 0 Å². The van der Waals surface area contributed by atoms with Crippen LogP contribution in [0.1, 0.15) is 8.30 Å². The maximum Gasteiger partial charge on any atom is 0.125 e. The number of fused-ring (bicyclic) bond motifs is 1. The average Bonchev–Trinajstić information content (AvgIpc) is 2.62. The lowest BCUT2D eigenvalue weighted by Crippen LogP contribution is -2.14. The van der Waals surface area contributed by atoms with Crippen molar-refractivity contribution in [3.8, 4) is 5.75 Å². The van der Waals surface area contributed by atoms with Crippen molar-refractivity contribution in [3.63, 3.8) is 0 Å². The molecule has 3 heteroatoms. The Balaban J connectivity index is 2.44. The third kappa shape index (κ3) is 1.97. The fourth-order valence-electron chi connectivity index (χ4n) is 1.62. The summed E-state index contributed by atoms with van der Waals surface area (Å²) in [6.07, 6.45) is 1.99. The zero-order valence-corrected chi connectivity index (χ0v) is 8.91. The normalized spacial score (nSPS) is 14.3. The average molecular weight is 206 g/mol. The van der Waals surface area contributed by atoms with E-state index < -0.39 is 6.50 Å². The number of hydrogen-bond donors (Lipinski definition) is 2. The highest BCUT2D eigenvalue weighted by molar-refractivity contribution is 5.88. The van der Waals surface area contributed by atoms with Gasteiger partial charge in [0.05, 0.1) is 0 Å². The van der Waals surface area contributed by atoms with Crippen LogP contribution < -0.4 is 0 Å². The summed E-state index contributed by atoms with van der Waals surface area (Å²) in [4.78, 5) is 4.58. The first kappa shape index (κ1) is 7.77. The van der Waals surface area contributed by atoms with Gasteiger partial charge in [0.2, 0.25) is 0 Å². The number of rotatable bonds is 3. The molecule has 0 bridgehead atoms. The molecule has 0 amide bonds. The molecule has 0 aliphatic carbocycles. The molecule has 1 aromatic carbocycles. The molecule has 0 saturated heterocycles. The molecule has 3 nitrogen and oxygen atoms in total. The number of nitrogens with zero attached hydrogens (tertiary/aromatic N) is 1. The maximum absolute atomic E-state index is 9.82. The lowest BCUT2D eigenvalue weighted by atomic mass is 10.1. The van der Waals surface area contributed by atoms with Crippen LogP contribution in [-0.2, 0) is 6.42 Å². The Morgan fingerprint density at radius 2 is 2.27 bits per heavy atom. The third-order valence-electron chi connectivity index (χ3n) is 2.35. The summed E-state index contributed by atoms with van der Waals surface area (Å²) >= 11 is 0. The summed E-state index contributed by atoms with van der Waals surface area (Å²) < 4.78 is 15.8. The van der Waals surface area contributed by atoms with Gasteiger partial charge in [0, 0.05) is 26.3 Å². The van der Waals surface area contributed by atoms with Crippen LogP contribution in [0.15, 0.2) is 24.4 Å². The molecular formula is C12H16N2O. The van der Waals surface area contributed by atoms with Crippen LogP contribution >= 0.6 is 0 Å². The molecule has 0 saturated carbocycles. The van der Waals surface area contributed by atoms with Gasteiger partial charge in [0.25, 0.3) is 0 Å². The van der Waals surface area contributed by atoms with E-state index in [1.54, 1.807) is 32.4 Å². The summed E-state index contributed by atoms with van der Waals surface area (Å²) in [5.74, 6) is 0.188. The van der Waals surface area contributed by atoms with Crippen LogP contribution in [0.2, 0.25) is 0 Å². The second kappa shape index (κ2) is 3.95. The van der Waals surface area contributed by atoms with Gasteiger partial charge in [-0.1, -0.05) is 6.07 Å². The molecule has 0 radical (unpaired) electrons. The van der Waals surface area contributed by atoms with Crippen molar-refractivity contribution in [2.24, 2.45) is 0 Å². The molecule has 80 valence electrons. The number of likely N-dealkylation sites (N-methyl/N-ethyl adjacent to an activating group) is 1. The summed E-state index contributed by atoms with van der Waals surface area (Å²) in [5.41, 5.74) is 1.62. The van der Waals surface area contributed by atoms with Gasteiger partial charge in [-0.15, -0.1) is 0 Å². The van der Waals surface area contributed by atoms with Gasteiger partial charge < -0.3 is 15.0 Å². The quantitative estimate of drug-likeness (QED) is 0.806. The van der Waals surface area contributed by atoms with E-state index in [-0.39, 0.29) is 12.2 Å². The number of aryl methyl sites for hydroxylation is 1. The first-order valence-electron chi connectivity index (χ1n) is 5.87. The number of benzene rings is 1. The molecule has 0 fully saturated rings. The summed E-state index contributed by atoms with van der Waals surface area (Å²) in [7, 11) is 3.41. The highest BCUT2D eigenvalue weighted by atomic mass is 16.3. The largest absolute Gasteiger partial charge is 0.507 e. The van der Waals surface area contributed by atoms with Crippen LogP contribution in [0.5, 0.6) is 5.75 Å². The number of aromatic nitrogens is 1. The van der Waals surface area contributed by atoms with Crippen molar-refractivity contribution >= 4 is 10.9 Å². The predicted molar refractivity (Wildman–Crippen MR) is 62.2 cm³/mol. The Kier molecular flexibility index (Phi) is 2.04. The second-order valence-electron chi connectivity index (χ2n) is 3.74. The molecule has 2 N–H and O–H groups in total. The number of hydrogen-bond acceptors (Lipinski definition) is 2. The maximum atomic E-state index is 9.82. The topological polar surface area (TPSA) is 39.3 Å². The van der Waals surface area contributed by atoms with Gasteiger partial charge in [0.1, 0.15) is 5.75 Å². The number of phenolic OH excluding ortho intramolecular Hbond substituents is 1. The van der Waals surface area contributed by atoms with Crippen LogP contribution in [0.25, 0.3) is 10.9 Å². The van der Waals surface area contributed by atoms with Crippen LogP contribution in [0.4, 0.5) is 0 Å². The molecule has 0 atom stereocenters. The number of nitrogens with one attached hydrogen (secondary N) is 1. The van der Waals surface area contributed by atoms with E-state index in [4.69, 9.17) is 2.74 Å². The van der Waals surface area contributed by atoms with Gasteiger partial charge in [-0.05, 0) is 38.2 Å². The van der Waals surface area contributed by atoms with E-state index in [1.165, 1.54) is 4.90 Å². The zero-order chi connectivity index (χ0) is 12.6. The lowest BCUT2D eigenvalue weighted by Gasteiger charge is -2.08. The van der Waals surface area contributed by atoms with E-state index in [0.29, 0.717) is 5.39 Å². The van der Waals surface area contributed by atoms with Crippen molar-refractivity contribution in [2.75, 3.05) is 20.6 Å². The minimum Gasteiger partial charge on any atom is -0.507 e. The number of aromatic hydroxyl groups is 1. The Morgan fingerprint density at radius 3 is 3.00 bits per heavy atom. The lowest BCUT2D eigenvalue weighted by molar-refractivity contribution is 0.414. The van der Waals surface area contributed by atoms with Gasteiger partial charge in [-0.3, -0.25) is 0 Å². The van der Waals surface area contributed by atoms with Gasteiger partial charge in [0.15, 0.2) is 0 Å². The second-order valence-corrected chi connectivity index (χ2v) is 3.74. The fraction of sp³-hybridized carbons (Fsp3) is 0.333. The van der Waals surface area contributed by atoms with E-state index in [9.17, 15) is 5.11 Å². The molecule has 15 heavy (non-hydrogen) atoms. The van der Waals surface area contributed by atoms with Crippen molar-refractivity contribution in [2.45, 2.75) is 6.42 Å². The Labute approximate surface area is 92.1 Å². The molecule has 1 aromatic heterocycles. The van der Waals surface area contributed by atoms with Crippen molar-refractivity contribution in [3.05, 3.63) is 30.0 Å². The van der Waals surface area contributed by atoms with Crippen molar-refractivity contribution < 1.29 is 7.85 Å². The Bertz CT molecular complexity index is 534. The fourth-order valence-corrected chi connectivity index (χ4v) is 1.62. The molecule has 0 aliphatic rings. The zero-order valence-electron chi connectivity index (χ0n) is 10.9. The van der Waals surface area contributed by atoms with Crippen LogP contribution in [0, 0.1) is 0 Å². The highest BCUT2D eigenvalue weighted by Crippen LogP contribution is 2.27. The summed E-state index contributed by atoms with van der Waals surface area (Å²) in [5, 5.41) is 10.5.